The first-order chi connectivity index (χ1) is 13.2. The first kappa shape index (κ1) is 18.7. The molecule has 3 aromatic rings. The molecule has 0 atom stereocenters. The smallest absolute Gasteiger partial charge is 0.225 e. The van der Waals surface area contributed by atoms with Crippen LogP contribution in [0.3, 0.4) is 0 Å². The van der Waals surface area contributed by atoms with E-state index in [1.54, 1.807) is 7.11 Å². The fourth-order valence-electron chi connectivity index (χ4n) is 2.85. The first-order valence-electron chi connectivity index (χ1n) is 9.22. The van der Waals surface area contributed by atoms with Crippen LogP contribution in [-0.4, -0.2) is 29.7 Å². The summed E-state index contributed by atoms with van der Waals surface area (Å²) in [5.74, 6) is 2.35. The zero-order valence-electron chi connectivity index (χ0n) is 16.1. The summed E-state index contributed by atoms with van der Waals surface area (Å²) in [7, 11) is 1.70. The van der Waals surface area contributed by atoms with Crippen molar-refractivity contribution in [2.45, 2.75) is 26.3 Å². The molecule has 1 aromatic heterocycles. The lowest BCUT2D eigenvalue weighted by Gasteiger charge is -2.13. The van der Waals surface area contributed by atoms with Gasteiger partial charge >= 0.3 is 0 Å². The van der Waals surface area contributed by atoms with E-state index in [9.17, 15) is 0 Å². The molecule has 0 aliphatic rings. The van der Waals surface area contributed by atoms with Crippen molar-refractivity contribution in [3.8, 4) is 17.0 Å². The van der Waals surface area contributed by atoms with Gasteiger partial charge in [0, 0.05) is 24.2 Å². The van der Waals surface area contributed by atoms with Gasteiger partial charge in [-0.15, -0.1) is 0 Å². The van der Waals surface area contributed by atoms with Crippen molar-refractivity contribution in [2.75, 3.05) is 24.3 Å². The summed E-state index contributed by atoms with van der Waals surface area (Å²) in [5.41, 5.74) is 3.14. The summed E-state index contributed by atoms with van der Waals surface area (Å²) in [6, 6.07) is 20.5. The van der Waals surface area contributed by atoms with Crippen LogP contribution in [-0.2, 0) is 6.42 Å². The van der Waals surface area contributed by atoms with Crippen LogP contribution in [0.4, 0.5) is 11.8 Å². The molecule has 5 heteroatoms. The SMILES string of the molecule is COc1ccccc1CCNc1cc(-c2ccccc2)nc(NC(C)C)n1. The minimum absolute atomic E-state index is 0.262. The largest absolute Gasteiger partial charge is 0.496 e. The minimum Gasteiger partial charge on any atom is -0.496 e. The Balaban J connectivity index is 1.77. The molecule has 0 saturated carbocycles. The van der Waals surface area contributed by atoms with Crippen LogP contribution in [0.15, 0.2) is 60.7 Å². The highest BCUT2D eigenvalue weighted by Crippen LogP contribution is 2.22. The summed E-state index contributed by atoms with van der Waals surface area (Å²) >= 11 is 0. The normalized spacial score (nSPS) is 10.7. The van der Waals surface area contributed by atoms with Crippen molar-refractivity contribution in [3.63, 3.8) is 0 Å². The molecule has 0 amide bonds. The van der Waals surface area contributed by atoms with E-state index in [0.29, 0.717) is 5.95 Å². The number of rotatable bonds is 8. The Kier molecular flexibility index (Phi) is 6.26. The summed E-state index contributed by atoms with van der Waals surface area (Å²) in [4.78, 5) is 9.26. The van der Waals surface area contributed by atoms with Crippen LogP contribution in [0, 0.1) is 0 Å². The van der Waals surface area contributed by atoms with Crippen LogP contribution in [0.1, 0.15) is 19.4 Å². The van der Waals surface area contributed by atoms with Crippen molar-refractivity contribution in [2.24, 2.45) is 0 Å². The van der Waals surface area contributed by atoms with Gasteiger partial charge in [0.1, 0.15) is 11.6 Å². The molecular formula is C22H26N4O. The number of aromatic nitrogens is 2. The summed E-state index contributed by atoms with van der Waals surface area (Å²) in [5, 5.41) is 6.72. The Bertz CT molecular complexity index is 865. The van der Waals surface area contributed by atoms with Gasteiger partial charge in [-0.3, -0.25) is 0 Å². The third-order valence-electron chi connectivity index (χ3n) is 4.11. The molecule has 0 aliphatic carbocycles. The fraction of sp³-hybridized carbons (Fsp3) is 0.273. The van der Waals surface area contributed by atoms with E-state index in [1.807, 2.05) is 42.5 Å². The van der Waals surface area contributed by atoms with Gasteiger partial charge in [0.25, 0.3) is 0 Å². The third kappa shape index (κ3) is 5.20. The molecule has 1 heterocycles. The highest BCUT2D eigenvalue weighted by atomic mass is 16.5. The molecule has 3 rings (SSSR count). The monoisotopic (exact) mass is 362 g/mol. The molecule has 0 saturated heterocycles. The molecule has 2 aromatic carbocycles. The number of methoxy groups -OCH3 is 1. The summed E-state index contributed by atoms with van der Waals surface area (Å²) in [6.07, 6.45) is 0.849. The topological polar surface area (TPSA) is 59.1 Å². The lowest BCUT2D eigenvalue weighted by atomic mass is 10.1. The number of nitrogens with one attached hydrogen (secondary N) is 2. The minimum atomic E-state index is 0.262. The molecule has 2 N–H and O–H groups in total. The molecule has 0 radical (unpaired) electrons. The van der Waals surface area contributed by atoms with Crippen LogP contribution in [0.25, 0.3) is 11.3 Å². The first-order valence-corrected chi connectivity index (χ1v) is 9.22. The average Bonchev–Trinajstić information content (AvgIpc) is 2.68. The second-order valence-electron chi connectivity index (χ2n) is 6.62. The quantitative estimate of drug-likeness (QED) is 0.612. The summed E-state index contributed by atoms with van der Waals surface area (Å²) < 4.78 is 5.42. The molecule has 27 heavy (non-hydrogen) atoms. The predicted molar refractivity (Wildman–Crippen MR) is 111 cm³/mol. The highest BCUT2D eigenvalue weighted by Gasteiger charge is 2.08. The molecule has 140 valence electrons. The van der Waals surface area contributed by atoms with Crippen LogP contribution >= 0.6 is 0 Å². The van der Waals surface area contributed by atoms with Gasteiger partial charge in [0.15, 0.2) is 0 Å². The third-order valence-corrected chi connectivity index (χ3v) is 4.11. The number of hydrogen-bond donors (Lipinski definition) is 2. The maximum Gasteiger partial charge on any atom is 0.225 e. The number of anilines is 2. The van der Waals surface area contributed by atoms with E-state index in [1.165, 1.54) is 5.56 Å². The molecule has 0 fully saturated rings. The molecular weight excluding hydrogens is 336 g/mol. The Morgan fingerprint density at radius 1 is 0.963 bits per heavy atom. The average molecular weight is 362 g/mol. The van der Waals surface area contributed by atoms with E-state index in [0.717, 1.165) is 35.8 Å². The van der Waals surface area contributed by atoms with E-state index in [2.05, 4.69) is 52.6 Å². The number of hydrogen-bond acceptors (Lipinski definition) is 5. The molecule has 5 nitrogen and oxygen atoms in total. The van der Waals surface area contributed by atoms with Gasteiger partial charge in [-0.05, 0) is 31.9 Å². The van der Waals surface area contributed by atoms with Gasteiger partial charge < -0.3 is 15.4 Å². The molecule has 0 aliphatic heterocycles. The maximum absolute atomic E-state index is 5.42. The second kappa shape index (κ2) is 9.03. The standard InChI is InChI=1S/C22H26N4O/c1-16(2)24-22-25-19(17-9-5-4-6-10-17)15-21(26-22)23-14-13-18-11-7-8-12-20(18)27-3/h4-12,15-16H,13-14H2,1-3H3,(H2,23,24,25,26). The van der Waals surface area contributed by atoms with Crippen LogP contribution in [0.2, 0.25) is 0 Å². The van der Waals surface area contributed by atoms with Gasteiger partial charge in [-0.1, -0.05) is 48.5 Å². The van der Waals surface area contributed by atoms with Crippen molar-refractivity contribution in [3.05, 3.63) is 66.2 Å². The van der Waals surface area contributed by atoms with Crippen LogP contribution in [0.5, 0.6) is 5.75 Å². The molecule has 0 unspecified atom stereocenters. The number of nitrogens with zero attached hydrogens (tertiary/aromatic N) is 2. The Morgan fingerprint density at radius 3 is 2.44 bits per heavy atom. The molecule has 0 bridgehead atoms. The Morgan fingerprint density at radius 2 is 1.70 bits per heavy atom. The zero-order valence-corrected chi connectivity index (χ0v) is 16.1. The lowest BCUT2D eigenvalue weighted by Crippen LogP contribution is -2.14. The van der Waals surface area contributed by atoms with E-state index < -0.39 is 0 Å². The van der Waals surface area contributed by atoms with Crippen LogP contribution < -0.4 is 15.4 Å². The van der Waals surface area contributed by atoms with Gasteiger partial charge in [0.2, 0.25) is 5.95 Å². The van der Waals surface area contributed by atoms with E-state index >= 15 is 0 Å². The van der Waals surface area contributed by atoms with Gasteiger partial charge in [-0.25, -0.2) is 4.98 Å². The van der Waals surface area contributed by atoms with Crippen molar-refractivity contribution < 1.29 is 4.74 Å². The summed E-state index contributed by atoms with van der Waals surface area (Å²) in [6.45, 7) is 4.91. The van der Waals surface area contributed by atoms with Crippen molar-refractivity contribution in [1.29, 1.82) is 0 Å². The number of benzene rings is 2. The number of para-hydroxylation sites is 1. The second-order valence-corrected chi connectivity index (χ2v) is 6.62. The Hall–Kier alpha value is -3.08. The highest BCUT2D eigenvalue weighted by molar-refractivity contribution is 5.64. The predicted octanol–water partition coefficient (Wildman–Crippen LogP) is 4.63. The fourth-order valence-corrected chi connectivity index (χ4v) is 2.85. The number of ether oxygens (including phenoxy) is 1. The maximum atomic E-state index is 5.42. The van der Waals surface area contributed by atoms with E-state index in [4.69, 9.17) is 4.74 Å². The Labute approximate surface area is 160 Å². The zero-order chi connectivity index (χ0) is 19.1. The van der Waals surface area contributed by atoms with Crippen molar-refractivity contribution >= 4 is 11.8 Å². The van der Waals surface area contributed by atoms with Crippen molar-refractivity contribution in [1.82, 2.24) is 9.97 Å². The van der Waals surface area contributed by atoms with Gasteiger partial charge in [0.05, 0.1) is 12.8 Å². The molecule has 0 spiro atoms. The lowest BCUT2D eigenvalue weighted by molar-refractivity contribution is 0.410. The van der Waals surface area contributed by atoms with E-state index in [-0.39, 0.29) is 6.04 Å². The van der Waals surface area contributed by atoms with Gasteiger partial charge in [-0.2, -0.15) is 4.98 Å².